The topological polar surface area (TPSA) is 68.3 Å². The minimum Gasteiger partial charge on any atom is -0.455 e. The van der Waals surface area contributed by atoms with E-state index in [1.165, 1.54) is 12.1 Å². The Kier molecular flexibility index (Phi) is 4.19. The summed E-state index contributed by atoms with van der Waals surface area (Å²) >= 11 is 5.65. The molecule has 2 rings (SSSR count). The van der Waals surface area contributed by atoms with E-state index >= 15 is 0 Å². The Morgan fingerprint density at radius 3 is 2.79 bits per heavy atom. The van der Waals surface area contributed by atoms with E-state index < -0.39 is 5.82 Å². The molecule has 0 aliphatic heterocycles. The van der Waals surface area contributed by atoms with Crippen LogP contribution in [0.2, 0.25) is 5.02 Å². The summed E-state index contributed by atoms with van der Waals surface area (Å²) in [5, 5.41) is 2.67. The molecule has 2 aromatic rings. The van der Waals surface area contributed by atoms with Crippen LogP contribution in [-0.4, -0.2) is 5.91 Å². The van der Waals surface area contributed by atoms with Crippen LogP contribution < -0.4 is 11.1 Å². The lowest BCUT2D eigenvalue weighted by molar-refractivity contribution is 0.0921. The van der Waals surface area contributed by atoms with Gasteiger partial charge in [0.1, 0.15) is 11.6 Å². The molecule has 0 spiro atoms. The van der Waals surface area contributed by atoms with Gasteiger partial charge in [0.2, 0.25) is 0 Å². The van der Waals surface area contributed by atoms with Gasteiger partial charge >= 0.3 is 0 Å². The second kappa shape index (κ2) is 5.86. The fourth-order valence-electron chi connectivity index (χ4n) is 1.53. The summed E-state index contributed by atoms with van der Waals surface area (Å²) in [5.74, 6) is -0.126. The number of carbonyl (C=O) groups is 1. The monoisotopic (exact) mass is 282 g/mol. The number of hydrogen-bond donors (Lipinski definition) is 2. The summed E-state index contributed by atoms with van der Waals surface area (Å²) in [6.07, 6.45) is 0. The van der Waals surface area contributed by atoms with Crippen molar-refractivity contribution < 1.29 is 13.6 Å². The number of rotatable bonds is 4. The Morgan fingerprint density at radius 1 is 1.37 bits per heavy atom. The molecule has 100 valence electrons. The van der Waals surface area contributed by atoms with Gasteiger partial charge in [0.15, 0.2) is 5.76 Å². The fraction of sp³-hybridized carbons (Fsp3) is 0.154. The first kappa shape index (κ1) is 13.6. The predicted molar refractivity (Wildman–Crippen MR) is 69.2 cm³/mol. The zero-order valence-corrected chi connectivity index (χ0v) is 10.7. The minimum absolute atomic E-state index is 0.0233. The molecule has 0 fully saturated rings. The highest BCUT2D eigenvalue weighted by molar-refractivity contribution is 6.30. The molecule has 4 nitrogen and oxygen atoms in total. The lowest BCUT2D eigenvalue weighted by Gasteiger charge is -2.04. The van der Waals surface area contributed by atoms with Gasteiger partial charge in [-0.2, -0.15) is 0 Å². The third-order valence-corrected chi connectivity index (χ3v) is 2.81. The van der Waals surface area contributed by atoms with E-state index in [0.29, 0.717) is 11.3 Å². The predicted octanol–water partition coefficient (Wildman–Crippen LogP) is 2.46. The molecular weight excluding hydrogens is 271 g/mol. The van der Waals surface area contributed by atoms with E-state index in [9.17, 15) is 9.18 Å². The molecule has 1 heterocycles. The van der Waals surface area contributed by atoms with E-state index in [2.05, 4.69) is 5.32 Å². The van der Waals surface area contributed by atoms with Crippen LogP contribution in [0.1, 0.15) is 21.9 Å². The number of nitrogens with two attached hydrogens (primary N) is 1. The number of hydrogen-bond acceptors (Lipinski definition) is 3. The van der Waals surface area contributed by atoms with Crippen molar-refractivity contribution in [2.45, 2.75) is 13.1 Å². The smallest absolute Gasteiger partial charge is 0.287 e. The number of halogens is 2. The Hall–Kier alpha value is -1.85. The maximum atomic E-state index is 13.0. The van der Waals surface area contributed by atoms with Crippen LogP contribution in [0.5, 0.6) is 0 Å². The van der Waals surface area contributed by atoms with E-state index in [0.717, 1.165) is 0 Å². The lowest BCUT2D eigenvalue weighted by Crippen LogP contribution is -2.22. The number of benzene rings is 1. The summed E-state index contributed by atoms with van der Waals surface area (Å²) in [6.45, 7) is 0.471. The maximum absolute atomic E-state index is 13.0. The maximum Gasteiger partial charge on any atom is 0.287 e. The molecule has 0 aliphatic rings. The van der Waals surface area contributed by atoms with Gasteiger partial charge in [0.25, 0.3) is 5.91 Å². The summed E-state index contributed by atoms with van der Waals surface area (Å²) in [6, 6.07) is 7.46. The quantitative estimate of drug-likeness (QED) is 0.905. The molecule has 0 unspecified atom stereocenters. The Bertz CT molecular complexity index is 598. The van der Waals surface area contributed by atoms with Crippen LogP contribution in [0.3, 0.4) is 0 Å². The molecule has 0 saturated carbocycles. The first-order chi connectivity index (χ1) is 9.10. The van der Waals surface area contributed by atoms with Crippen LogP contribution in [0.25, 0.3) is 0 Å². The second-order valence-electron chi connectivity index (χ2n) is 3.90. The molecule has 0 radical (unpaired) electrons. The van der Waals surface area contributed by atoms with Crippen molar-refractivity contribution in [3.63, 3.8) is 0 Å². The number of nitrogens with one attached hydrogen (secondary N) is 1. The van der Waals surface area contributed by atoms with E-state index in [1.807, 2.05) is 0 Å². The van der Waals surface area contributed by atoms with Crippen LogP contribution >= 0.6 is 11.6 Å². The van der Waals surface area contributed by atoms with Crippen molar-refractivity contribution in [3.8, 4) is 0 Å². The summed E-state index contributed by atoms with van der Waals surface area (Å²) < 4.78 is 18.2. The van der Waals surface area contributed by atoms with Crippen molar-refractivity contribution in [2.24, 2.45) is 5.73 Å². The van der Waals surface area contributed by atoms with Gasteiger partial charge < -0.3 is 15.5 Å². The van der Waals surface area contributed by atoms with Crippen molar-refractivity contribution >= 4 is 17.5 Å². The van der Waals surface area contributed by atoms with Crippen LogP contribution in [0.15, 0.2) is 34.7 Å². The first-order valence-corrected chi connectivity index (χ1v) is 5.99. The molecule has 6 heteroatoms. The molecule has 0 atom stereocenters. The van der Waals surface area contributed by atoms with E-state index in [1.54, 1.807) is 18.2 Å². The largest absolute Gasteiger partial charge is 0.455 e. The molecule has 0 bridgehead atoms. The van der Waals surface area contributed by atoms with Crippen molar-refractivity contribution in [1.29, 1.82) is 0 Å². The molecule has 19 heavy (non-hydrogen) atoms. The van der Waals surface area contributed by atoms with Gasteiger partial charge in [0, 0.05) is 6.54 Å². The van der Waals surface area contributed by atoms with Crippen molar-refractivity contribution in [2.75, 3.05) is 0 Å². The summed E-state index contributed by atoms with van der Waals surface area (Å²) in [5.41, 5.74) is 6.08. The highest BCUT2D eigenvalue weighted by Gasteiger charge is 2.10. The standard InChI is InChI=1S/C13H12ClFN2O2/c14-10-5-8(1-3-11(10)15)7-17-13(18)12-4-2-9(6-16)19-12/h1-5H,6-7,16H2,(H,17,18). The third-order valence-electron chi connectivity index (χ3n) is 2.52. The van der Waals surface area contributed by atoms with Gasteiger partial charge in [-0.25, -0.2) is 4.39 Å². The molecule has 0 aliphatic carbocycles. The third kappa shape index (κ3) is 3.33. The average molecular weight is 283 g/mol. The number of amides is 1. The molecule has 1 aromatic carbocycles. The van der Waals surface area contributed by atoms with E-state index in [-0.39, 0.29) is 29.8 Å². The van der Waals surface area contributed by atoms with Crippen LogP contribution in [-0.2, 0) is 13.1 Å². The van der Waals surface area contributed by atoms with Gasteiger partial charge in [-0.1, -0.05) is 17.7 Å². The highest BCUT2D eigenvalue weighted by atomic mass is 35.5. The number of carbonyl (C=O) groups excluding carboxylic acids is 1. The van der Waals surface area contributed by atoms with Crippen molar-refractivity contribution in [3.05, 3.63) is 58.3 Å². The van der Waals surface area contributed by atoms with Gasteiger partial charge in [-0.05, 0) is 29.8 Å². The molecule has 0 saturated heterocycles. The van der Waals surface area contributed by atoms with Crippen molar-refractivity contribution in [1.82, 2.24) is 5.32 Å². The Labute approximate surface area is 114 Å². The van der Waals surface area contributed by atoms with E-state index in [4.69, 9.17) is 21.8 Å². The van der Waals surface area contributed by atoms with Gasteiger partial charge in [0.05, 0.1) is 11.6 Å². The molecule has 1 amide bonds. The van der Waals surface area contributed by atoms with Crippen LogP contribution in [0.4, 0.5) is 4.39 Å². The Morgan fingerprint density at radius 2 is 2.16 bits per heavy atom. The molecule has 3 N–H and O–H groups in total. The van der Waals surface area contributed by atoms with Gasteiger partial charge in [-0.3, -0.25) is 4.79 Å². The average Bonchev–Trinajstić information content (AvgIpc) is 2.88. The summed E-state index contributed by atoms with van der Waals surface area (Å²) in [7, 11) is 0. The highest BCUT2D eigenvalue weighted by Crippen LogP contribution is 2.16. The zero-order chi connectivity index (χ0) is 13.8. The SMILES string of the molecule is NCc1ccc(C(=O)NCc2ccc(F)c(Cl)c2)o1. The normalized spacial score (nSPS) is 10.5. The lowest BCUT2D eigenvalue weighted by atomic mass is 10.2. The second-order valence-corrected chi connectivity index (χ2v) is 4.31. The molecule has 1 aromatic heterocycles. The fourth-order valence-corrected chi connectivity index (χ4v) is 1.73. The van der Waals surface area contributed by atoms with Gasteiger partial charge in [-0.15, -0.1) is 0 Å². The Balaban J connectivity index is 1.98. The summed E-state index contributed by atoms with van der Waals surface area (Å²) in [4.78, 5) is 11.7. The van der Waals surface area contributed by atoms with Crippen LogP contribution in [0, 0.1) is 5.82 Å². The first-order valence-electron chi connectivity index (χ1n) is 5.61. The number of furan rings is 1. The zero-order valence-electron chi connectivity index (χ0n) is 9.95. The molecular formula is C13H12ClFN2O2. The minimum atomic E-state index is -0.490.